The van der Waals surface area contributed by atoms with E-state index >= 15 is 0 Å². The van der Waals surface area contributed by atoms with E-state index in [2.05, 4.69) is 5.32 Å². The molecular weight excluding hydrogens is 206 g/mol. The van der Waals surface area contributed by atoms with Crippen LogP contribution in [0.15, 0.2) is 22.8 Å². The Bertz CT molecular complexity index is 370. The topological polar surface area (TPSA) is 62.5 Å². The van der Waals surface area contributed by atoms with Crippen molar-refractivity contribution in [1.29, 1.82) is 0 Å². The second-order valence-corrected chi connectivity index (χ2v) is 4.66. The molecule has 4 nitrogen and oxygen atoms in total. The molecule has 0 aromatic carbocycles. The summed E-state index contributed by atoms with van der Waals surface area (Å²) >= 11 is 0. The molecule has 1 aromatic heterocycles. The maximum absolute atomic E-state index is 11.3. The van der Waals surface area contributed by atoms with E-state index in [0.717, 1.165) is 18.6 Å². The van der Waals surface area contributed by atoms with E-state index < -0.39 is 11.5 Å². The molecule has 1 aromatic rings. The first kappa shape index (κ1) is 11.2. The number of furan rings is 1. The van der Waals surface area contributed by atoms with Crippen molar-refractivity contribution in [2.45, 2.75) is 38.3 Å². The molecule has 4 heteroatoms. The molecule has 2 N–H and O–H groups in total. The van der Waals surface area contributed by atoms with Crippen LogP contribution in [0.2, 0.25) is 0 Å². The molecule has 1 aliphatic carbocycles. The van der Waals surface area contributed by atoms with Gasteiger partial charge in [-0.05, 0) is 44.7 Å². The van der Waals surface area contributed by atoms with Crippen LogP contribution in [0, 0.1) is 5.92 Å². The highest BCUT2D eigenvalue weighted by Crippen LogP contribution is 2.40. The van der Waals surface area contributed by atoms with Gasteiger partial charge in [0.15, 0.2) is 0 Å². The summed E-state index contributed by atoms with van der Waals surface area (Å²) in [6, 6.07) is 3.58. The second kappa shape index (κ2) is 3.94. The average molecular weight is 223 g/mol. The van der Waals surface area contributed by atoms with Crippen molar-refractivity contribution in [3.63, 3.8) is 0 Å². The van der Waals surface area contributed by atoms with Crippen LogP contribution in [0.4, 0.5) is 0 Å². The molecule has 0 bridgehead atoms. The molecular formula is C12H17NO3. The van der Waals surface area contributed by atoms with Crippen molar-refractivity contribution < 1.29 is 14.3 Å². The van der Waals surface area contributed by atoms with Crippen LogP contribution in [0.1, 0.15) is 38.5 Å². The van der Waals surface area contributed by atoms with Crippen LogP contribution >= 0.6 is 0 Å². The Kier molecular flexibility index (Phi) is 2.76. The van der Waals surface area contributed by atoms with Crippen LogP contribution < -0.4 is 5.32 Å². The quantitative estimate of drug-likeness (QED) is 0.803. The van der Waals surface area contributed by atoms with Crippen LogP contribution in [0.5, 0.6) is 0 Å². The van der Waals surface area contributed by atoms with Crippen molar-refractivity contribution in [1.82, 2.24) is 5.32 Å². The third-order valence-electron chi connectivity index (χ3n) is 3.32. The fraction of sp³-hybridized carbons (Fsp3) is 0.583. The van der Waals surface area contributed by atoms with Gasteiger partial charge in [0.2, 0.25) is 0 Å². The molecule has 0 radical (unpaired) electrons. The molecule has 1 fully saturated rings. The summed E-state index contributed by atoms with van der Waals surface area (Å²) in [7, 11) is 0. The Morgan fingerprint density at radius 1 is 1.69 bits per heavy atom. The molecule has 0 saturated heterocycles. The van der Waals surface area contributed by atoms with E-state index in [1.807, 2.05) is 19.1 Å². The lowest BCUT2D eigenvalue weighted by Crippen LogP contribution is -2.52. The van der Waals surface area contributed by atoms with Crippen molar-refractivity contribution in [2.24, 2.45) is 5.92 Å². The minimum Gasteiger partial charge on any atom is -0.480 e. The molecule has 2 rings (SSSR count). The molecule has 0 aliphatic heterocycles. The van der Waals surface area contributed by atoms with Gasteiger partial charge in [-0.1, -0.05) is 0 Å². The van der Waals surface area contributed by atoms with Gasteiger partial charge in [0, 0.05) is 0 Å². The largest absolute Gasteiger partial charge is 0.480 e. The van der Waals surface area contributed by atoms with Gasteiger partial charge in [0.1, 0.15) is 11.3 Å². The van der Waals surface area contributed by atoms with Crippen molar-refractivity contribution in [3.8, 4) is 0 Å². The van der Waals surface area contributed by atoms with E-state index in [9.17, 15) is 9.90 Å². The zero-order chi connectivity index (χ0) is 11.8. The van der Waals surface area contributed by atoms with Gasteiger partial charge in [0.05, 0.1) is 12.3 Å². The predicted molar refractivity (Wildman–Crippen MR) is 59.0 cm³/mol. The first-order valence-corrected chi connectivity index (χ1v) is 5.58. The summed E-state index contributed by atoms with van der Waals surface area (Å²) in [6.07, 6.45) is 3.57. The third-order valence-corrected chi connectivity index (χ3v) is 3.32. The standard InChI is InChI=1S/C12H17NO3/c1-8(10-4-3-7-16-10)13-12(2,11(14)15)9-5-6-9/h3-4,7-9,13H,5-6H2,1-2H3,(H,14,15). The van der Waals surface area contributed by atoms with E-state index in [0.29, 0.717) is 0 Å². The number of carboxylic acids is 1. The number of carbonyl (C=O) groups is 1. The Hall–Kier alpha value is -1.29. The van der Waals surface area contributed by atoms with Crippen LogP contribution in [-0.4, -0.2) is 16.6 Å². The van der Waals surface area contributed by atoms with Gasteiger partial charge in [-0.15, -0.1) is 0 Å². The molecule has 0 amide bonds. The van der Waals surface area contributed by atoms with Gasteiger partial charge in [0.25, 0.3) is 0 Å². The number of nitrogens with one attached hydrogen (secondary N) is 1. The van der Waals surface area contributed by atoms with Crippen molar-refractivity contribution >= 4 is 5.97 Å². The fourth-order valence-corrected chi connectivity index (χ4v) is 2.07. The van der Waals surface area contributed by atoms with E-state index in [1.165, 1.54) is 0 Å². The Morgan fingerprint density at radius 2 is 2.38 bits per heavy atom. The van der Waals surface area contributed by atoms with Gasteiger partial charge in [-0.2, -0.15) is 0 Å². The lowest BCUT2D eigenvalue weighted by atomic mass is 9.94. The van der Waals surface area contributed by atoms with E-state index in [-0.39, 0.29) is 12.0 Å². The normalized spacial score (nSPS) is 21.4. The Balaban J connectivity index is 2.09. The first-order valence-electron chi connectivity index (χ1n) is 5.58. The summed E-state index contributed by atoms with van der Waals surface area (Å²) in [5, 5.41) is 12.5. The highest BCUT2D eigenvalue weighted by atomic mass is 16.4. The van der Waals surface area contributed by atoms with Crippen LogP contribution in [0.3, 0.4) is 0 Å². The van der Waals surface area contributed by atoms with Crippen LogP contribution in [-0.2, 0) is 4.79 Å². The number of aliphatic carboxylic acids is 1. The van der Waals surface area contributed by atoms with Gasteiger partial charge in [-0.3, -0.25) is 10.1 Å². The maximum Gasteiger partial charge on any atom is 0.323 e. The van der Waals surface area contributed by atoms with Crippen molar-refractivity contribution in [3.05, 3.63) is 24.2 Å². The molecule has 1 saturated carbocycles. The van der Waals surface area contributed by atoms with Crippen LogP contribution in [0.25, 0.3) is 0 Å². The molecule has 16 heavy (non-hydrogen) atoms. The number of carboxylic acid groups (broad SMARTS) is 1. The minimum absolute atomic E-state index is 0.0864. The lowest BCUT2D eigenvalue weighted by molar-refractivity contribution is -0.145. The highest BCUT2D eigenvalue weighted by molar-refractivity contribution is 5.79. The number of hydrogen-bond donors (Lipinski definition) is 2. The smallest absolute Gasteiger partial charge is 0.323 e. The summed E-state index contributed by atoms with van der Waals surface area (Å²) < 4.78 is 5.27. The minimum atomic E-state index is -0.841. The average Bonchev–Trinajstić information content (AvgIpc) is 2.94. The first-order chi connectivity index (χ1) is 7.54. The summed E-state index contributed by atoms with van der Waals surface area (Å²) in [4.78, 5) is 11.3. The van der Waals surface area contributed by atoms with E-state index in [4.69, 9.17) is 4.42 Å². The molecule has 1 aliphatic rings. The van der Waals surface area contributed by atoms with Gasteiger partial charge < -0.3 is 9.52 Å². The molecule has 0 spiro atoms. The number of rotatable bonds is 5. The monoisotopic (exact) mass is 223 g/mol. The second-order valence-electron chi connectivity index (χ2n) is 4.66. The van der Waals surface area contributed by atoms with Gasteiger partial charge in [-0.25, -0.2) is 0 Å². The number of hydrogen-bond acceptors (Lipinski definition) is 3. The lowest BCUT2D eigenvalue weighted by Gasteiger charge is -2.29. The maximum atomic E-state index is 11.3. The Labute approximate surface area is 94.6 Å². The molecule has 1 heterocycles. The SMILES string of the molecule is CC(NC(C)(C(=O)O)C1CC1)c1ccco1. The zero-order valence-electron chi connectivity index (χ0n) is 9.56. The molecule has 2 atom stereocenters. The van der Waals surface area contributed by atoms with E-state index in [1.54, 1.807) is 13.2 Å². The summed E-state index contributed by atoms with van der Waals surface area (Å²) in [6.45, 7) is 3.68. The Morgan fingerprint density at radius 3 is 2.81 bits per heavy atom. The summed E-state index contributed by atoms with van der Waals surface area (Å²) in [5.74, 6) is 0.226. The highest BCUT2D eigenvalue weighted by Gasteiger charge is 2.48. The zero-order valence-corrected chi connectivity index (χ0v) is 9.56. The van der Waals surface area contributed by atoms with Crippen molar-refractivity contribution in [2.75, 3.05) is 0 Å². The molecule has 2 unspecified atom stereocenters. The summed E-state index contributed by atoms with van der Waals surface area (Å²) in [5.41, 5.74) is -0.841. The fourth-order valence-electron chi connectivity index (χ4n) is 2.07. The molecule has 88 valence electrons. The van der Waals surface area contributed by atoms with Gasteiger partial charge >= 0.3 is 5.97 Å². The third kappa shape index (κ3) is 1.97. The predicted octanol–water partition coefficient (Wildman–Crippen LogP) is 2.18.